The van der Waals surface area contributed by atoms with Crippen molar-refractivity contribution >= 4 is 73.4 Å². The highest BCUT2D eigenvalue weighted by atomic mass is 16.6. The third-order valence-corrected chi connectivity index (χ3v) is 9.33. The summed E-state index contributed by atoms with van der Waals surface area (Å²) in [5.74, 6) is 1.85. The van der Waals surface area contributed by atoms with Crippen LogP contribution in [-0.4, -0.2) is 61.3 Å². The van der Waals surface area contributed by atoms with Crippen LogP contribution < -0.4 is 30.4 Å². The van der Waals surface area contributed by atoms with Crippen LogP contribution in [0.15, 0.2) is 142 Å². The fraction of sp³-hybridized carbons (Fsp3) is 0.133. The number of aryl methyl sites for hydroxylation is 3. The van der Waals surface area contributed by atoms with Gasteiger partial charge in [-0.1, -0.05) is 71.3 Å². The molecule has 0 radical (unpaired) electrons. The van der Waals surface area contributed by atoms with Crippen LogP contribution >= 0.6 is 0 Å². The number of aliphatic imine (C=N–C) groups is 3. The van der Waals surface area contributed by atoms with E-state index in [4.69, 9.17) is 42.9 Å². The van der Waals surface area contributed by atoms with Gasteiger partial charge in [-0.15, -0.1) is 0 Å². The van der Waals surface area contributed by atoms with Crippen LogP contribution in [0.5, 0.6) is 17.2 Å². The molecule has 6 aromatic rings. The molecule has 0 aromatic heterocycles. The molecule has 282 valence electrons. The maximum Gasteiger partial charge on any atom is 0.562 e. The number of benzene rings is 6. The Balaban J connectivity index is 1.32. The topological polar surface area (TPSA) is 92.5 Å². The smallest absolute Gasteiger partial charge is 0.532 e. The van der Waals surface area contributed by atoms with Crippen molar-refractivity contribution in [2.75, 3.05) is 21.3 Å². The van der Waals surface area contributed by atoms with Crippen molar-refractivity contribution < 1.29 is 27.9 Å². The average molecular weight is 753 g/mol. The first-order valence-electron chi connectivity index (χ1n) is 18.6. The minimum Gasteiger partial charge on any atom is -0.532 e. The molecular weight excluding hydrogens is 711 g/mol. The third-order valence-electron chi connectivity index (χ3n) is 9.33. The Morgan fingerprint density at radius 2 is 0.684 bits per heavy atom. The predicted octanol–water partition coefficient (Wildman–Crippen LogP) is 7.44. The molecule has 1 aliphatic heterocycles. The van der Waals surface area contributed by atoms with Gasteiger partial charge < -0.3 is 27.9 Å². The highest BCUT2D eigenvalue weighted by molar-refractivity contribution is 6.63. The minimum atomic E-state index is -0.715. The van der Waals surface area contributed by atoms with E-state index in [0.29, 0.717) is 17.2 Å². The van der Waals surface area contributed by atoms with Crippen molar-refractivity contribution in [3.8, 4) is 17.2 Å². The van der Waals surface area contributed by atoms with Crippen molar-refractivity contribution in [3.05, 3.63) is 161 Å². The Morgan fingerprint density at radius 1 is 0.386 bits per heavy atom. The maximum atomic E-state index is 6.51. The predicted molar refractivity (Wildman–Crippen MR) is 234 cm³/mol. The molecule has 0 aliphatic carbocycles. The molecule has 0 saturated carbocycles. The van der Waals surface area contributed by atoms with Gasteiger partial charge in [-0.3, -0.25) is 15.0 Å². The van der Waals surface area contributed by atoms with E-state index in [0.717, 1.165) is 66.8 Å². The second kappa shape index (κ2) is 18.2. The first-order valence-corrected chi connectivity index (χ1v) is 18.6. The SMILES string of the molecule is COB1Oc2ccc(C)cc2C=Nc2cccc(c2)B(OC)Oc2ccc(C)cc2C=Nc2cccc(c2)B(OC)Oc2ccc(C)cc2C=Nc2cccc1c2. The van der Waals surface area contributed by atoms with E-state index < -0.39 is 21.4 Å². The fourth-order valence-corrected chi connectivity index (χ4v) is 6.42. The van der Waals surface area contributed by atoms with Gasteiger partial charge in [0.25, 0.3) is 0 Å². The second-order valence-corrected chi connectivity index (χ2v) is 13.7. The van der Waals surface area contributed by atoms with Gasteiger partial charge in [0.2, 0.25) is 0 Å². The Bertz CT molecular complexity index is 2190. The summed E-state index contributed by atoms with van der Waals surface area (Å²) in [6.45, 7) is 6.09. The second-order valence-electron chi connectivity index (χ2n) is 13.7. The van der Waals surface area contributed by atoms with E-state index in [-0.39, 0.29) is 0 Å². The zero-order chi connectivity index (χ0) is 39.7. The highest BCUT2D eigenvalue weighted by Gasteiger charge is 2.26. The number of rotatable bonds is 3. The van der Waals surface area contributed by atoms with E-state index in [1.165, 1.54) is 0 Å². The van der Waals surface area contributed by atoms with E-state index in [1.807, 2.05) is 148 Å². The quantitative estimate of drug-likeness (QED) is 0.175. The first-order chi connectivity index (χ1) is 27.8. The number of fused-ring (bicyclic) bond motifs is 9. The molecule has 0 spiro atoms. The molecule has 7 rings (SSSR count). The summed E-state index contributed by atoms with van der Waals surface area (Å²) in [6, 6.07) is 41.1. The molecule has 1 aliphatic rings. The van der Waals surface area contributed by atoms with Crippen molar-refractivity contribution in [2.24, 2.45) is 15.0 Å². The fourth-order valence-electron chi connectivity index (χ4n) is 6.42. The van der Waals surface area contributed by atoms with E-state index in [9.17, 15) is 0 Å². The van der Waals surface area contributed by atoms with Gasteiger partial charge in [0, 0.05) is 56.7 Å². The number of nitrogens with zero attached hydrogens (tertiary/aromatic N) is 3. The van der Waals surface area contributed by atoms with Crippen molar-refractivity contribution in [2.45, 2.75) is 20.8 Å². The summed E-state index contributed by atoms with van der Waals surface area (Å²) in [6.07, 6.45) is 5.38. The molecule has 0 N–H and O–H groups in total. The summed E-state index contributed by atoms with van der Waals surface area (Å²) in [7, 11) is 2.71. The van der Waals surface area contributed by atoms with Crippen molar-refractivity contribution in [1.29, 1.82) is 0 Å². The summed E-state index contributed by atoms with van der Waals surface area (Å²) in [4.78, 5) is 14.5. The van der Waals surface area contributed by atoms with Crippen molar-refractivity contribution in [3.63, 3.8) is 0 Å². The van der Waals surface area contributed by atoms with Crippen LogP contribution in [0.25, 0.3) is 0 Å². The van der Waals surface area contributed by atoms with Gasteiger partial charge in [0.05, 0.1) is 17.1 Å². The van der Waals surface area contributed by atoms with Crippen LogP contribution in [0.3, 0.4) is 0 Å². The van der Waals surface area contributed by atoms with Gasteiger partial charge >= 0.3 is 21.4 Å². The molecular formula is C45H42B3N3O6. The lowest BCUT2D eigenvalue weighted by atomic mass is 9.78. The maximum absolute atomic E-state index is 6.51. The van der Waals surface area contributed by atoms with Gasteiger partial charge in [-0.25, -0.2) is 0 Å². The van der Waals surface area contributed by atoms with Gasteiger partial charge in [0.15, 0.2) is 0 Å². The molecule has 57 heavy (non-hydrogen) atoms. The standard InChI is InChI=1S/C45H42B3N3O6/c1-31-16-19-43-34(22-31)28-49-40-13-7-11-38(25-40)47(53-5)56-44-20-17-32(2)24-36(44)30-51-42-15-9-12-39(27-42)48(54-6)57-45-21-18-33(3)23-35(45)29-50-41-14-8-10-37(26-41)46(52-4)55-43/h7-30H,1-6H3. The Hall–Kier alpha value is -6.20. The summed E-state index contributed by atoms with van der Waals surface area (Å²) < 4.78 is 37.2. The lowest BCUT2D eigenvalue weighted by molar-refractivity contribution is 0.348. The van der Waals surface area contributed by atoms with Gasteiger partial charge in [0.1, 0.15) is 17.2 Å². The molecule has 0 atom stereocenters. The molecule has 0 amide bonds. The van der Waals surface area contributed by atoms with Crippen LogP contribution in [0.1, 0.15) is 33.4 Å². The molecule has 1 heterocycles. The van der Waals surface area contributed by atoms with E-state index in [1.54, 1.807) is 40.0 Å². The molecule has 6 bridgehead atoms. The van der Waals surface area contributed by atoms with Gasteiger partial charge in [-0.05, 0) is 110 Å². The lowest BCUT2D eigenvalue weighted by Crippen LogP contribution is -2.39. The monoisotopic (exact) mass is 753 g/mol. The summed E-state index contributed by atoms with van der Waals surface area (Å²) >= 11 is 0. The summed E-state index contributed by atoms with van der Waals surface area (Å²) in [5, 5.41) is 0. The largest absolute Gasteiger partial charge is 0.562 e. The molecule has 12 heteroatoms. The highest BCUT2D eigenvalue weighted by Crippen LogP contribution is 2.25. The summed E-state index contributed by atoms with van der Waals surface area (Å²) in [5.41, 5.74) is 10.1. The molecule has 9 nitrogen and oxygen atoms in total. The van der Waals surface area contributed by atoms with Crippen LogP contribution in [0, 0.1) is 20.8 Å². The zero-order valence-corrected chi connectivity index (χ0v) is 32.9. The van der Waals surface area contributed by atoms with Crippen LogP contribution in [0.2, 0.25) is 0 Å². The lowest BCUT2D eigenvalue weighted by Gasteiger charge is -2.17. The molecule has 0 fully saturated rings. The average Bonchev–Trinajstić information content (AvgIpc) is 3.23. The Morgan fingerprint density at radius 3 is 0.965 bits per heavy atom. The molecule has 0 saturated heterocycles. The van der Waals surface area contributed by atoms with E-state index >= 15 is 0 Å². The zero-order valence-electron chi connectivity index (χ0n) is 32.9. The third kappa shape index (κ3) is 9.79. The minimum absolute atomic E-state index is 0.616. The van der Waals surface area contributed by atoms with E-state index in [2.05, 4.69) is 0 Å². The Kier molecular flexibility index (Phi) is 12.4. The molecule has 6 aromatic carbocycles. The Labute approximate surface area is 335 Å². The number of hydrogen-bond donors (Lipinski definition) is 0. The van der Waals surface area contributed by atoms with Crippen molar-refractivity contribution in [1.82, 2.24) is 0 Å². The van der Waals surface area contributed by atoms with Gasteiger partial charge in [-0.2, -0.15) is 0 Å². The number of hydrogen-bond acceptors (Lipinski definition) is 9. The normalized spacial score (nSPS) is 13.1. The first kappa shape index (κ1) is 39.1. The molecule has 0 unspecified atom stereocenters. The van der Waals surface area contributed by atoms with Crippen LogP contribution in [-0.2, 0) is 14.0 Å². The van der Waals surface area contributed by atoms with Crippen LogP contribution in [0.4, 0.5) is 17.1 Å².